The molecule has 0 spiro atoms. The van der Waals surface area contributed by atoms with Crippen LogP contribution in [0.4, 0.5) is 11.4 Å². The quantitative estimate of drug-likeness (QED) is 0.712. The Morgan fingerprint density at radius 3 is 2.63 bits per heavy atom. The lowest BCUT2D eigenvalue weighted by atomic mass is 10.1. The summed E-state index contributed by atoms with van der Waals surface area (Å²) < 4.78 is 10.8. The minimum atomic E-state index is -0.163. The molecule has 0 saturated carbocycles. The van der Waals surface area contributed by atoms with Crippen LogP contribution in [0.25, 0.3) is 0 Å². The Labute approximate surface area is 155 Å². The number of benzene rings is 2. The third kappa shape index (κ3) is 4.04. The van der Waals surface area contributed by atoms with E-state index in [4.69, 9.17) is 9.47 Å². The largest absolute Gasteiger partial charge is 0.422 e. The zero-order valence-electron chi connectivity index (χ0n) is 14.5. The monoisotopic (exact) mass is 366 g/mol. The molecule has 0 radical (unpaired) electrons. The number of nitrogens with one attached hydrogen (secondary N) is 2. The van der Waals surface area contributed by atoms with E-state index in [1.165, 1.54) is 0 Å². The minimum absolute atomic E-state index is 0.131. The third-order valence-electron chi connectivity index (χ3n) is 4.15. The topological polar surface area (TPSA) is 105 Å². The third-order valence-corrected chi connectivity index (χ3v) is 4.15. The Kier molecular flexibility index (Phi) is 4.93. The maximum atomic E-state index is 12.8. The van der Waals surface area contributed by atoms with Crippen LogP contribution in [0.3, 0.4) is 0 Å². The van der Waals surface area contributed by atoms with Crippen molar-refractivity contribution in [1.82, 2.24) is 20.6 Å². The Morgan fingerprint density at radius 2 is 1.89 bits per heavy atom. The van der Waals surface area contributed by atoms with Gasteiger partial charge in [0, 0.05) is 24.5 Å². The number of rotatable bonds is 5. The number of carbonyl (C=O) groups is 1. The summed E-state index contributed by atoms with van der Waals surface area (Å²) in [6, 6.07) is 14.7. The maximum absolute atomic E-state index is 12.8. The Hall–Kier alpha value is -3.46. The van der Waals surface area contributed by atoms with Crippen molar-refractivity contribution in [3.05, 3.63) is 54.1 Å². The number of aromatic amines is 1. The Bertz CT molecular complexity index is 892. The summed E-state index contributed by atoms with van der Waals surface area (Å²) in [6.45, 7) is 2.87. The number of hydrogen-bond donors (Lipinski definition) is 2. The number of para-hydroxylation sites is 1. The molecular weight excluding hydrogens is 348 g/mol. The van der Waals surface area contributed by atoms with E-state index >= 15 is 0 Å². The first-order chi connectivity index (χ1) is 13.3. The highest BCUT2D eigenvalue weighted by Gasteiger charge is 2.18. The minimum Gasteiger partial charge on any atom is -0.422 e. The Balaban J connectivity index is 1.46. The molecule has 0 aliphatic carbocycles. The molecule has 1 aromatic heterocycles. The molecule has 9 nitrogen and oxygen atoms in total. The normalized spacial score (nSPS) is 14.0. The summed E-state index contributed by atoms with van der Waals surface area (Å²) in [5, 5.41) is 16.1. The second-order valence-corrected chi connectivity index (χ2v) is 5.89. The van der Waals surface area contributed by atoms with Gasteiger partial charge in [-0.25, -0.2) is 0 Å². The van der Waals surface area contributed by atoms with Gasteiger partial charge in [-0.2, -0.15) is 5.21 Å². The van der Waals surface area contributed by atoms with Crippen LogP contribution < -0.4 is 15.0 Å². The molecule has 2 N–H and O–H groups in total. The number of tetrazole rings is 1. The fourth-order valence-electron chi connectivity index (χ4n) is 2.85. The molecule has 2 heterocycles. The second-order valence-electron chi connectivity index (χ2n) is 5.89. The predicted octanol–water partition coefficient (Wildman–Crippen LogP) is 2.08. The van der Waals surface area contributed by atoms with E-state index in [9.17, 15) is 4.79 Å². The van der Waals surface area contributed by atoms with E-state index in [-0.39, 0.29) is 11.9 Å². The highest BCUT2D eigenvalue weighted by molar-refractivity contribution is 6.08. The molecule has 0 unspecified atom stereocenters. The summed E-state index contributed by atoms with van der Waals surface area (Å²) >= 11 is 0. The van der Waals surface area contributed by atoms with Gasteiger partial charge in [0.15, 0.2) is 0 Å². The number of hydrogen-bond acceptors (Lipinski definition) is 7. The van der Waals surface area contributed by atoms with Crippen molar-refractivity contribution < 1.29 is 14.3 Å². The van der Waals surface area contributed by atoms with Gasteiger partial charge in [0.25, 0.3) is 5.91 Å². The van der Waals surface area contributed by atoms with Gasteiger partial charge in [0.1, 0.15) is 5.75 Å². The molecule has 1 aliphatic heterocycles. The molecule has 0 bridgehead atoms. The van der Waals surface area contributed by atoms with Crippen LogP contribution >= 0.6 is 0 Å². The van der Waals surface area contributed by atoms with Crippen LogP contribution in [0.5, 0.6) is 11.8 Å². The standard InChI is InChI=1S/C18H18N6O3/c25-17(15-3-1-2-4-16(15)24-9-11-26-12-10-24)19-13-5-7-14(8-6-13)27-18-20-22-23-21-18/h1-8H,9-12H2,(H,19,25)(H,20,21,22,23). The zero-order chi connectivity index (χ0) is 18.5. The maximum Gasteiger partial charge on any atom is 0.361 e. The average molecular weight is 366 g/mol. The zero-order valence-corrected chi connectivity index (χ0v) is 14.5. The lowest BCUT2D eigenvalue weighted by Crippen LogP contribution is -2.37. The molecule has 1 saturated heterocycles. The molecule has 2 aromatic carbocycles. The van der Waals surface area contributed by atoms with Gasteiger partial charge in [-0.1, -0.05) is 22.3 Å². The van der Waals surface area contributed by atoms with Crippen LogP contribution in [0, 0.1) is 0 Å². The van der Waals surface area contributed by atoms with Gasteiger partial charge in [0.2, 0.25) is 0 Å². The molecular formula is C18H18N6O3. The van der Waals surface area contributed by atoms with Gasteiger partial charge < -0.3 is 19.7 Å². The number of aromatic nitrogens is 4. The highest BCUT2D eigenvalue weighted by Crippen LogP contribution is 2.24. The van der Waals surface area contributed by atoms with Gasteiger partial charge >= 0.3 is 6.01 Å². The van der Waals surface area contributed by atoms with Crippen LogP contribution in [-0.2, 0) is 4.74 Å². The number of ether oxygens (including phenoxy) is 2. The van der Waals surface area contributed by atoms with E-state index in [0.29, 0.717) is 30.2 Å². The molecule has 0 atom stereocenters. The fourth-order valence-corrected chi connectivity index (χ4v) is 2.85. The summed E-state index contributed by atoms with van der Waals surface area (Å²) in [7, 11) is 0. The first kappa shape index (κ1) is 17.0. The molecule has 1 amide bonds. The molecule has 1 fully saturated rings. The fraction of sp³-hybridized carbons (Fsp3) is 0.222. The number of amides is 1. The number of nitrogens with zero attached hydrogens (tertiary/aromatic N) is 4. The van der Waals surface area contributed by atoms with E-state index in [1.54, 1.807) is 24.3 Å². The van der Waals surface area contributed by atoms with Gasteiger partial charge in [-0.15, -0.1) is 0 Å². The second kappa shape index (κ2) is 7.83. The first-order valence-electron chi connectivity index (χ1n) is 8.54. The van der Waals surface area contributed by atoms with Gasteiger partial charge in [-0.05, 0) is 41.6 Å². The predicted molar refractivity (Wildman–Crippen MR) is 98.1 cm³/mol. The number of H-pyrrole nitrogens is 1. The summed E-state index contributed by atoms with van der Waals surface area (Å²) in [6.07, 6.45) is 0. The molecule has 138 valence electrons. The van der Waals surface area contributed by atoms with Crippen LogP contribution in [-0.4, -0.2) is 52.8 Å². The van der Waals surface area contributed by atoms with Crippen molar-refractivity contribution in [3.8, 4) is 11.8 Å². The van der Waals surface area contributed by atoms with E-state index in [1.807, 2.05) is 24.3 Å². The van der Waals surface area contributed by atoms with Crippen LogP contribution in [0.15, 0.2) is 48.5 Å². The molecule has 27 heavy (non-hydrogen) atoms. The van der Waals surface area contributed by atoms with Crippen molar-refractivity contribution >= 4 is 17.3 Å². The van der Waals surface area contributed by atoms with Crippen molar-refractivity contribution in [2.75, 3.05) is 36.5 Å². The lowest BCUT2D eigenvalue weighted by Gasteiger charge is -2.30. The van der Waals surface area contributed by atoms with Crippen molar-refractivity contribution in [2.45, 2.75) is 0 Å². The van der Waals surface area contributed by atoms with E-state index < -0.39 is 0 Å². The van der Waals surface area contributed by atoms with E-state index in [2.05, 4.69) is 30.8 Å². The van der Waals surface area contributed by atoms with Crippen LogP contribution in [0.2, 0.25) is 0 Å². The number of carbonyl (C=O) groups excluding carboxylic acids is 1. The van der Waals surface area contributed by atoms with Crippen molar-refractivity contribution in [2.24, 2.45) is 0 Å². The van der Waals surface area contributed by atoms with Crippen LogP contribution in [0.1, 0.15) is 10.4 Å². The smallest absolute Gasteiger partial charge is 0.361 e. The summed E-state index contributed by atoms with van der Waals surface area (Å²) in [5.41, 5.74) is 2.21. The lowest BCUT2D eigenvalue weighted by molar-refractivity contribution is 0.102. The number of anilines is 2. The first-order valence-corrected chi connectivity index (χ1v) is 8.54. The summed E-state index contributed by atoms with van der Waals surface area (Å²) in [4.78, 5) is 15.0. The molecule has 9 heteroatoms. The number of morpholine rings is 1. The molecule has 4 rings (SSSR count). The van der Waals surface area contributed by atoms with Crippen molar-refractivity contribution in [3.63, 3.8) is 0 Å². The molecule has 1 aliphatic rings. The average Bonchev–Trinajstić information content (AvgIpc) is 3.23. The highest BCUT2D eigenvalue weighted by atomic mass is 16.5. The van der Waals surface area contributed by atoms with E-state index in [0.717, 1.165) is 18.8 Å². The van der Waals surface area contributed by atoms with Gasteiger partial charge in [-0.3, -0.25) is 4.79 Å². The van der Waals surface area contributed by atoms with Crippen molar-refractivity contribution in [1.29, 1.82) is 0 Å². The Morgan fingerprint density at radius 1 is 1.11 bits per heavy atom. The van der Waals surface area contributed by atoms with Gasteiger partial charge in [0.05, 0.1) is 18.8 Å². The SMILES string of the molecule is O=C(Nc1ccc(Oc2nn[nH]n2)cc1)c1ccccc1N1CCOCC1. The molecule has 3 aromatic rings. The summed E-state index contributed by atoms with van der Waals surface area (Å²) in [5.74, 6) is 0.382.